The number of amides is 1. The zero-order valence-electron chi connectivity index (χ0n) is 12.3. The molecule has 20 heavy (non-hydrogen) atoms. The van der Waals surface area contributed by atoms with Gasteiger partial charge in [-0.25, -0.2) is 0 Å². The quantitative estimate of drug-likeness (QED) is 0.576. The lowest BCUT2D eigenvalue weighted by Crippen LogP contribution is -2.44. The van der Waals surface area contributed by atoms with Crippen LogP contribution >= 0.6 is 12.2 Å². The highest BCUT2D eigenvalue weighted by Crippen LogP contribution is 2.27. The van der Waals surface area contributed by atoms with Crippen LogP contribution in [0.3, 0.4) is 0 Å². The summed E-state index contributed by atoms with van der Waals surface area (Å²) in [6.45, 7) is 6.48. The second-order valence-corrected chi connectivity index (χ2v) is 5.58. The lowest BCUT2D eigenvalue weighted by molar-refractivity contribution is -0.121. The standard InChI is InChI=1S/C15H23N3OS/c1-10-6-4-7-11(2)14(10)12(3)8-5-9-13(19)17-18-15(16)20/h4,6-7,12H,5,8-9H2,1-3H3,(H,17,19)(H3,16,18,20). The first-order valence-corrected chi connectivity index (χ1v) is 7.23. The SMILES string of the molecule is Cc1cccc(C)c1C(C)CCCC(=O)NNC(N)=S. The van der Waals surface area contributed by atoms with Crippen LogP contribution in [0.25, 0.3) is 0 Å². The summed E-state index contributed by atoms with van der Waals surface area (Å²) in [5.41, 5.74) is 14.2. The van der Waals surface area contributed by atoms with E-state index in [9.17, 15) is 4.79 Å². The van der Waals surface area contributed by atoms with E-state index in [0.29, 0.717) is 12.3 Å². The third kappa shape index (κ3) is 5.17. The molecule has 110 valence electrons. The molecule has 1 aromatic carbocycles. The minimum atomic E-state index is -0.0912. The van der Waals surface area contributed by atoms with Gasteiger partial charge in [0, 0.05) is 6.42 Å². The van der Waals surface area contributed by atoms with Gasteiger partial charge < -0.3 is 5.73 Å². The van der Waals surface area contributed by atoms with E-state index in [1.807, 2.05) is 0 Å². The molecule has 1 amide bonds. The Morgan fingerprint density at radius 1 is 1.30 bits per heavy atom. The van der Waals surface area contributed by atoms with Crippen LogP contribution in [0.15, 0.2) is 18.2 Å². The van der Waals surface area contributed by atoms with Crippen molar-refractivity contribution in [1.29, 1.82) is 0 Å². The normalized spacial score (nSPS) is 11.8. The third-order valence-corrected chi connectivity index (χ3v) is 3.50. The topological polar surface area (TPSA) is 67.2 Å². The molecule has 0 saturated heterocycles. The first kappa shape index (κ1) is 16.4. The summed E-state index contributed by atoms with van der Waals surface area (Å²) in [6, 6.07) is 6.35. The molecule has 0 aliphatic heterocycles. The number of rotatable bonds is 5. The second kappa shape index (κ2) is 7.85. The van der Waals surface area contributed by atoms with Crippen molar-refractivity contribution in [3.05, 3.63) is 34.9 Å². The molecule has 4 nitrogen and oxygen atoms in total. The lowest BCUT2D eigenvalue weighted by Gasteiger charge is -2.17. The monoisotopic (exact) mass is 293 g/mol. The fraction of sp³-hybridized carbons (Fsp3) is 0.467. The number of nitrogens with two attached hydrogens (primary N) is 1. The van der Waals surface area contributed by atoms with Crippen molar-refractivity contribution in [2.75, 3.05) is 0 Å². The number of hydrazine groups is 1. The highest BCUT2D eigenvalue weighted by molar-refractivity contribution is 7.80. The largest absolute Gasteiger partial charge is 0.375 e. The van der Waals surface area contributed by atoms with Gasteiger partial charge >= 0.3 is 0 Å². The van der Waals surface area contributed by atoms with E-state index in [1.54, 1.807) is 0 Å². The first-order chi connectivity index (χ1) is 9.41. The summed E-state index contributed by atoms with van der Waals surface area (Å²) in [5.74, 6) is 0.360. The van der Waals surface area contributed by atoms with Gasteiger partial charge in [-0.2, -0.15) is 0 Å². The van der Waals surface area contributed by atoms with Gasteiger partial charge in [0.15, 0.2) is 5.11 Å². The summed E-state index contributed by atoms with van der Waals surface area (Å²) in [7, 11) is 0. The molecule has 0 aromatic heterocycles. The Morgan fingerprint density at radius 3 is 2.45 bits per heavy atom. The van der Waals surface area contributed by atoms with Crippen molar-refractivity contribution in [1.82, 2.24) is 10.9 Å². The molecule has 0 aliphatic carbocycles. The Bertz CT molecular complexity index is 468. The smallest absolute Gasteiger partial charge is 0.238 e. The highest BCUT2D eigenvalue weighted by Gasteiger charge is 2.11. The maximum absolute atomic E-state index is 11.5. The lowest BCUT2D eigenvalue weighted by atomic mass is 9.88. The van der Waals surface area contributed by atoms with Crippen LogP contribution in [-0.4, -0.2) is 11.0 Å². The molecule has 0 heterocycles. The molecule has 1 atom stereocenters. The van der Waals surface area contributed by atoms with Crippen LogP contribution < -0.4 is 16.6 Å². The molecule has 1 aromatic rings. The van der Waals surface area contributed by atoms with Gasteiger partial charge in [-0.1, -0.05) is 25.1 Å². The van der Waals surface area contributed by atoms with E-state index in [0.717, 1.165) is 12.8 Å². The number of carbonyl (C=O) groups is 1. The Hall–Kier alpha value is -1.62. The summed E-state index contributed by atoms with van der Waals surface area (Å²) in [4.78, 5) is 11.5. The van der Waals surface area contributed by atoms with Gasteiger partial charge in [0.25, 0.3) is 0 Å². The van der Waals surface area contributed by atoms with Gasteiger partial charge in [-0.05, 0) is 61.5 Å². The zero-order valence-corrected chi connectivity index (χ0v) is 13.1. The van der Waals surface area contributed by atoms with Crippen molar-refractivity contribution in [2.24, 2.45) is 5.73 Å². The van der Waals surface area contributed by atoms with E-state index in [2.05, 4.69) is 62.0 Å². The Morgan fingerprint density at radius 2 is 1.90 bits per heavy atom. The van der Waals surface area contributed by atoms with Gasteiger partial charge in [-0.15, -0.1) is 0 Å². The summed E-state index contributed by atoms with van der Waals surface area (Å²) < 4.78 is 0. The summed E-state index contributed by atoms with van der Waals surface area (Å²) in [5, 5.41) is 0.0715. The van der Waals surface area contributed by atoms with Crippen LogP contribution in [0.5, 0.6) is 0 Å². The number of hydrogen-bond acceptors (Lipinski definition) is 2. The first-order valence-electron chi connectivity index (χ1n) is 6.82. The van der Waals surface area contributed by atoms with E-state index in [1.165, 1.54) is 16.7 Å². The molecule has 0 fully saturated rings. The molecule has 0 bridgehead atoms. The van der Waals surface area contributed by atoms with Crippen LogP contribution in [0, 0.1) is 13.8 Å². The van der Waals surface area contributed by atoms with Gasteiger partial charge in [0.1, 0.15) is 0 Å². The molecular formula is C15H23N3OS. The molecule has 5 heteroatoms. The second-order valence-electron chi connectivity index (χ2n) is 5.14. The molecule has 4 N–H and O–H groups in total. The average Bonchev–Trinajstić information content (AvgIpc) is 2.36. The Kier molecular flexibility index (Phi) is 6.45. The molecular weight excluding hydrogens is 270 g/mol. The number of hydrogen-bond donors (Lipinski definition) is 3. The molecule has 0 spiro atoms. The summed E-state index contributed by atoms with van der Waals surface area (Å²) >= 11 is 4.61. The number of nitrogens with one attached hydrogen (secondary N) is 2. The van der Waals surface area contributed by atoms with E-state index >= 15 is 0 Å². The average molecular weight is 293 g/mol. The Labute approximate surface area is 126 Å². The molecule has 1 unspecified atom stereocenters. The molecule has 0 saturated carbocycles. The number of carbonyl (C=O) groups excluding carboxylic acids is 1. The van der Waals surface area contributed by atoms with Crippen LogP contribution in [0.1, 0.15) is 48.8 Å². The van der Waals surface area contributed by atoms with E-state index < -0.39 is 0 Å². The summed E-state index contributed by atoms with van der Waals surface area (Å²) in [6.07, 6.45) is 2.27. The fourth-order valence-corrected chi connectivity index (χ4v) is 2.56. The number of thiocarbonyl (C=S) groups is 1. The van der Waals surface area contributed by atoms with Gasteiger partial charge in [0.2, 0.25) is 5.91 Å². The highest BCUT2D eigenvalue weighted by atomic mass is 32.1. The van der Waals surface area contributed by atoms with Crippen molar-refractivity contribution >= 4 is 23.2 Å². The molecule has 0 radical (unpaired) electrons. The van der Waals surface area contributed by atoms with Crippen LogP contribution in [0.4, 0.5) is 0 Å². The van der Waals surface area contributed by atoms with E-state index in [-0.39, 0.29) is 11.0 Å². The van der Waals surface area contributed by atoms with Crippen LogP contribution in [0.2, 0.25) is 0 Å². The predicted molar refractivity (Wildman–Crippen MR) is 86.2 cm³/mol. The van der Waals surface area contributed by atoms with Crippen molar-refractivity contribution in [3.63, 3.8) is 0 Å². The Balaban J connectivity index is 2.42. The number of benzene rings is 1. The minimum absolute atomic E-state index is 0.0715. The zero-order chi connectivity index (χ0) is 15.1. The van der Waals surface area contributed by atoms with Crippen LogP contribution in [-0.2, 0) is 4.79 Å². The third-order valence-electron chi connectivity index (χ3n) is 3.40. The number of aryl methyl sites for hydroxylation is 2. The minimum Gasteiger partial charge on any atom is -0.375 e. The molecule has 0 aliphatic rings. The molecule has 1 rings (SSSR count). The van der Waals surface area contributed by atoms with E-state index in [4.69, 9.17) is 5.73 Å². The van der Waals surface area contributed by atoms with Crippen molar-refractivity contribution < 1.29 is 4.79 Å². The maximum atomic E-state index is 11.5. The van der Waals surface area contributed by atoms with Crippen molar-refractivity contribution in [2.45, 2.75) is 46.0 Å². The predicted octanol–water partition coefficient (Wildman–Crippen LogP) is 2.44. The van der Waals surface area contributed by atoms with Gasteiger partial charge in [0.05, 0.1) is 0 Å². The maximum Gasteiger partial charge on any atom is 0.238 e. The van der Waals surface area contributed by atoms with Crippen molar-refractivity contribution in [3.8, 4) is 0 Å². The fourth-order valence-electron chi connectivity index (χ4n) is 2.51. The van der Waals surface area contributed by atoms with Gasteiger partial charge in [-0.3, -0.25) is 15.6 Å².